The molecule has 0 bridgehead atoms. The molecular formula is C27H33FN4O2. The van der Waals surface area contributed by atoms with E-state index in [0.717, 1.165) is 12.0 Å². The molecule has 0 aliphatic rings. The number of benzene rings is 2. The molecule has 0 saturated carbocycles. The topological polar surface area (TPSA) is 67.2 Å². The summed E-state index contributed by atoms with van der Waals surface area (Å²) in [5.41, 5.74) is 2.18. The monoisotopic (exact) mass is 464 g/mol. The molecule has 6 nitrogen and oxygen atoms in total. The Morgan fingerprint density at radius 1 is 1.00 bits per heavy atom. The van der Waals surface area contributed by atoms with E-state index in [2.05, 4.69) is 24.3 Å². The van der Waals surface area contributed by atoms with E-state index in [-0.39, 0.29) is 30.1 Å². The molecule has 0 fully saturated rings. The lowest BCUT2D eigenvalue weighted by Gasteiger charge is -2.24. The average Bonchev–Trinajstić information content (AvgIpc) is 3.20. The number of halogens is 1. The quantitative estimate of drug-likeness (QED) is 0.429. The van der Waals surface area contributed by atoms with Crippen LogP contribution in [0, 0.1) is 17.7 Å². The van der Waals surface area contributed by atoms with Gasteiger partial charge in [-0.3, -0.25) is 9.59 Å². The molecule has 0 unspecified atom stereocenters. The molecule has 0 saturated heterocycles. The molecule has 1 aromatic heterocycles. The summed E-state index contributed by atoms with van der Waals surface area (Å²) in [7, 11) is 0. The van der Waals surface area contributed by atoms with Crippen molar-refractivity contribution in [1.29, 1.82) is 0 Å². The van der Waals surface area contributed by atoms with E-state index >= 15 is 0 Å². The van der Waals surface area contributed by atoms with Crippen molar-refractivity contribution in [3.63, 3.8) is 0 Å². The van der Waals surface area contributed by atoms with Crippen LogP contribution in [-0.2, 0) is 9.59 Å². The fourth-order valence-electron chi connectivity index (χ4n) is 3.54. The van der Waals surface area contributed by atoms with E-state index in [0.29, 0.717) is 36.1 Å². The molecule has 1 N–H and O–H groups in total. The number of hydrogen-bond donors (Lipinski definition) is 1. The van der Waals surface area contributed by atoms with Crippen LogP contribution < -0.4 is 5.32 Å². The minimum Gasteiger partial charge on any atom is -0.333 e. The summed E-state index contributed by atoms with van der Waals surface area (Å²) < 4.78 is 15.1. The molecule has 0 radical (unpaired) electrons. The Balaban J connectivity index is 1.85. The molecule has 180 valence electrons. The van der Waals surface area contributed by atoms with Crippen molar-refractivity contribution in [2.24, 2.45) is 11.8 Å². The SMILES string of the molecule is CC(C)CCN(CC(=O)Nc1cc(-c2ccccc2)nn1-c1ccc(F)cc1)C(=O)CC(C)C. The van der Waals surface area contributed by atoms with E-state index in [9.17, 15) is 14.0 Å². The maximum atomic E-state index is 13.5. The molecule has 1 heterocycles. The third-order valence-electron chi connectivity index (χ3n) is 5.36. The van der Waals surface area contributed by atoms with E-state index in [4.69, 9.17) is 0 Å². The van der Waals surface area contributed by atoms with Gasteiger partial charge in [0.05, 0.1) is 17.9 Å². The largest absolute Gasteiger partial charge is 0.333 e. The second-order valence-corrected chi connectivity index (χ2v) is 9.31. The highest BCUT2D eigenvalue weighted by atomic mass is 19.1. The molecule has 34 heavy (non-hydrogen) atoms. The van der Waals surface area contributed by atoms with E-state index < -0.39 is 0 Å². The zero-order valence-electron chi connectivity index (χ0n) is 20.3. The number of anilines is 1. The van der Waals surface area contributed by atoms with Gasteiger partial charge in [-0.2, -0.15) is 5.10 Å². The number of nitrogens with zero attached hydrogens (tertiary/aromatic N) is 3. The maximum Gasteiger partial charge on any atom is 0.245 e. The fourth-order valence-corrected chi connectivity index (χ4v) is 3.54. The predicted molar refractivity (Wildman–Crippen MR) is 133 cm³/mol. The predicted octanol–water partition coefficient (Wildman–Crippen LogP) is 5.54. The summed E-state index contributed by atoms with van der Waals surface area (Å²) in [6.07, 6.45) is 1.22. The summed E-state index contributed by atoms with van der Waals surface area (Å²) in [6.45, 7) is 8.67. The summed E-state index contributed by atoms with van der Waals surface area (Å²) in [4.78, 5) is 27.4. The molecular weight excluding hydrogens is 431 g/mol. The summed E-state index contributed by atoms with van der Waals surface area (Å²) >= 11 is 0. The number of amides is 2. The molecule has 3 rings (SSSR count). The number of hydrogen-bond acceptors (Lipinski definition) is 3. The van der Waals surface area contributed by atoms with Crippen LogP contribution in [0.25, 0.3) is 16.9 Å². The summed E-state index contributed by atoms with van der Waals surface area (Å²) in [6, 6.07) is 17.3. The van der Waals surface area contributed by atoms with Gasteiger partial charge in [-0.15, -0.1) is 0 Å². The van der Waals surface area contributed by atoms with Gasteiger partial charge in [0.15, 0.2) is 0 Å². The molecule has 7 heteroatoms. The van der Waals surface area contributed by atoms with Crippen LogP contribution in [0.5, 0.6) is 0 Å². The van der Waals surface area contributed by atoms with Gasteiger partial charge in [0.2, 0.25) is 11.8 Å². The third kappa shape index (κ3) is 7.01. The maximum absolute atomic E-state index is 13.5. The van der Waals surface area contributed by atoms with Crippen LogP contribution in [-0.4, -0.2) is 39.6 Å². The summed E-state index contributed by atoms with van der Waals surface area (Å²) in [5.74, 6) is 0.410. The highest BCUT2D eigenvalue weighted by Crippen LogP contribution is 2.25. The normalized spacial score (nSPS) is 11.1. The van der Waals surface area contributed by atoms with Gasteiger partial charge in [0.25, 0.3) is 0 Å². The smallest absolute Gasteiger partial charge is 0.245 e. The van der Waals surface area contributed by atoms with Crippen molar-refractivity contribution in [2.45, 2.75) is 40.5 Å². The van der Waals surface area contributed by atoms with E-state index in [1.54, 1.807) is 27.8 Å². The molecule has 0 aliphatic heterocycles. The lowest BCUT2D eigenvalue weighted by atomic mass is 10.1. The average molecular weight is 465 g/mol. The fraction of sp³-hybridized carbons (Fsp3) is 0.370. The van der Waals surface area contributed by atoms with Crippen LogP contribution >= 0.6 is 0 Å². The first-order valence-electron chi connectivity index (χ1n) is 11.7. The van der Waals surface area contributed by atoms with Gasteiger partial charge < -0.3 is 10.2 Å². The second-order valence-electron chi connectivity index (χ2n) is 9.31. The molecule has 0 aliphatic carbocycles. The first-order valence-corrected chi connectivity index (χ1v) is 11.7. The Morgan fingerprint density at radius 3 is 2.29 bits per heavy atom. The standard InChI is InChI=1S/C27H33FN4O2/c1-19(2)14-15-31(27(34)16-20(3)4)18-26(33)29-25-17-24(21-8-6-5-7-9-21)30-32(25)23-12-10-22(28)11-13-23/h5-13,17,19-20H,14-16,18H2,1-4H3,(H,29,33). The molecule has 0 atom stereocenters. The van der Waals surface area contributed by atoms with Crippen LogP contribution in [0.2, 0.25) is 0 Å². The summed E-state index contributed by atoms with van der Waals surface area (Å²) in [5, 5.41) is 7.56. The first kappa shape index (κ1) is 25.1. The van der Waals surface area contributed by atoms with Crippen molar-refractivity contribution >= 4 is 17.6 Å². The Labute approximate surface area is 200 Å². The third-order valence-corrected chi connectivity index (χ3v) is 5.36. The van der Waals surface area contributed by atoms with Gasteiger partial charge >= 0.3 is 0 Å². The minimum atomic E-state index is -0.353. The van der Waals surface area contributed by atoms with E-state index in [1.165, 1.54) is 12.1 Å². The zero-order chi connectivity index (χ0) is 24.7. The molecule has 0 spiro atoms. The van der Waals surface area contributed by atoms with Gasteiger partial charge in [-0.25, -0.2) is 9.07 Å². The zero-order valence-corrected chi connectivity index (χ0v) is 20.3. The van der Waals surface area contributed by atoms with Crippen molar-refractivity contribution in [2.75, 3.05) is 18.4 Å². The number of aromatic nitrogens is 2. The van der Waals surface area contributed by atoms with Crippen LogP contribution in [0.1, 0.15) is 40.5 Å². The first-order chi connectivity index (χ1) is 16.2. The van der Waals surface area contributed by atoms with Crippen LogP contribution in [0.4, 0.5) is 10.2 Å². The van der Waals surface area contributed by atoms with Crippen molar-refractivity contribution in [3.05, 3.63) is 66.5 Å². The Bertz CT molecular complexity index is 1090. The van der Waals surface area contributed by atoms with Crippen LogP contribution in [0.3, 0.4) is 0 Å². The highest BCUT2D eigenvalue weighted by Gasteiger charge is 2.20. The molecule has 2 amide bonds. The van der Waals surface area contributed by atoms with Gasteiger partial charge in [0.1, 0.15) is 11.6 Å². The minimum absolute atomic E-state index is 0.0252. The Hall–Kier alpha value is -3.48. The molecule has 3 aromatic rings. The lowest BCUT2D eigenvalue weighted by molar-refractivity contribution is -0.135. The number of carbonyl (C=O) groups excluding carboxylic acids is 2. The Kier molecular flexibility index (Phi) is 8.57. The highest BCUT2D eigenvalue weighted by molar-refractivity contribution is 5.94. The lowest BCUT2D eigenvalue weighted by Crippen LogP contribution is -2.39. The van der Waals surface area contributed by atoms with Gasteiger partial charge in [0, 0.05) is 24.6 Å². The second kappa shape index (κ2) is 11.6. The van der Waals surface area contributed by atoms with Crippen molar-refractivity contribution in [3.8, 4) is 16.9 Å². The number of nitrogens with one attached hydrogen (secondary N) is 1. The van der Waals surface area contributed by atoms with Crippen molar-refractivity contribution in [1.82, 2.24) is 14.7 Å². The number of carbonyl (C=O) groups is 2. The van der Waals surface area contributed by atoms with Gasteiger partial charge in [-0.05, 0) is 42.5 Å². The molecule has 2 aromatic carbocycles. The number of rotatable bonds is 10. The Morgan fingerprint density at radius 2 is 1.68 bits per heavy atom. The van der Waals surface area contributed by atoms with Gasteiger partial charge in [-0.1, -0.05) is 58.0 Å². The van der Waals surface area contributed by atoms with E-state index in [1.807, 2.05) is 44.2 Å². The van der Waals surface area contributed by atoms with Crippen LogP contribution in [0.15, 0.2) is 60.7 Å². The van der Waals surface area contributed by atoms with Crippen molar-refractivity contribution < 1.29 is 14.0 Å².